The minimum atomic E-state index is -0.168. The lowest BCUT2D eigenvalue weighted by Gasteiger charge is -2.28. The van der Waals surface area contributed by atoms with Gasteiger partial charge < -0.3 is 5.73 Å². The second kappa shape index (κ2) is 5.27. The number of halogens is 2. The molecular weight excluding hydrogens is 295 g/mol. The molecule has 1 aliphatic heterocycles. The first-order valence-corrected chi connectivity index (χ1v) is 7.11. The molecular formula is C14H20BrFN2. The van der Waals surface area contributed by atoms with E-state index in [0.29, 0.717) is 17.5 Å². The average Bonchev–Trinajstić information content (AvgIpc) is 2.65. The summed E-state index contributed by atoms with van der Waals surface area (Å²) in [5, 5.41) is 0. The molecule has 1 unspecified atom stereocenters. The van der Waals surface area contributed by atoms with Crippen LogP contribution in [0.1, 0.15) is 31.9 Å². The van der Waals surface area contributed by atoms with Gasteiger partial charge >= 0.3 is 0 Å². The summed E-state index contributed by atoms with van der Waals surface area (Å²) in [5.74, 6) is -0.168. The van der Waals surface area contributed by atoms with E-state index in [4.69, 9.17) is 5.73 Å². The topological polar surface area (TPSA) is 29.3 Å². The maximum absolute atomic E-state index is 13.9. The molecule has 1 aromatic carbocycles. The van der Waals surface area contributed by atoms with Crippen LogP contribution in [0, 0.1) is 11.2 Å². The summed E-state index contributed by atoms with van der Waals surface area (Å²) in [7, 11) is 0. The fourth-order valence-electron chi connectivity index (χ4n) is 2.66. The van der Waals surface area contributed by atoms with Crippen LogP contribution in [0.15, 0.2) is 22.7 Å². The van der Waals surface area contributed by atoms with Gasteiger partial charge in [-0.1, -0.05) is 29.8 Å². The zero-order valence-electron chi connectivity index (χ0n) is 10.9. The van der Waals surface area contributed by atoms with Crippen molar-refractivity contribution in [3.63, 3.8) is 0 Å². The molecule has 1 heterocycles. The Morgan fingerprint density at radius 1 is 1.50 bits per heavy atom. The second-order valence-corrected chi connectivity index (χ2v) is 6.72. The molecule has 100 valence electrons. The molecule has 1 aromatic rings. The summed E-state index contributed by atoms with van der Waals surface area (Å²) >= 11 is 3.40. The van der Waals surface area contributed by atoms with Crippen molar-refractivity contribution in [2.45, 2.75) is 26.3 Å². The zero-order valence-corrected chi connectivity index (χ0v) is 12.5. The summed E-state index contributed by atoms with van der Waals surface area (Å²) < 4.78 is 14.8. The zero-order chi connectivity index (χ0) is 13.3. The Morgan fingerprint density at radius 2 is 2.22 bits per heavy atom. The van der Waals surface area contributed by atoms with Crippen LogP contribution in [-0.2, 0) is 0 Å². The minimum Gasteiger partial charge on any atom is -0.329 e. The van der Waals surface area contributed by atoms with Gasteiger partial charge in [-0.15, -0.1) is 0 Å². The Bertz CT molecular complexity index is 434. The average molecular weight is 315 g/mol. The van der Waals surface area contributed by atoms with Crippen molar-refractivity contribution in [1.29, 1.82) is 0 Å². The van der Waals surface area contributed by atoms with E-state index >= 15 is 0 Å². The van der Waals surface area contributed by atoms with E-state index in [1.807, 2.05) is 6.07 Å². The number of nitrogens with two attached hydrogens (primary N) is 1. The standard InChI is InChI=1S/C14H20BrFN2/c1-14(2)5-6-18(9-14)13(8-17)11-7-10(15)3-4-12(11)16/h3-4,7,13H,5-6,8-9,17H2,1-2H3. The van der Waals surface area contributed by atoms with Crippen LogP contribution in [0.4, 0.5) is 4.39 Å². The highest BCUT2D eigenvalue weighted by atomic mass is 79.9. The highest BCUT2D eigenvalue weighted by molar-refractivity contribution is 9.10. The van der Waals surface area contributed by atoms with Crippen molar-refractivity contribution in [1.82, 2.24) is 4.90 Å². The van der Waals surface area contributed by atoms with Crippen molar-refractivity contribution in [2.24, 2.45) is 11.1 Å². The van der Waals surface area contributed by atoms with Gasteiger partial charge in [-0.25, -0.2) is 4.39 Å². The number of hydrogen-bond acceptors (Lipinski definition) is 2. The molecule has 4 heteroatoms. The van der Waals surface area contributed by atoms with Crippen LogP contribution < -0.4 is 5.73 Å². The van der Waals surface area contributed by atoms with Crippen LogP contribution in [0.3, 0.4) is 0 Å². The fraction of sp³-hybridized carbons (Fsp3) is 0.571. The molecule has 0 amide bonds. The van der Waals surface area contributed by atoms with Gasteiger partial charge in [0.25, 0.3) is 0 Å². The molecule has 0 saturated carbocycles. The third-order valence-corrected chi connectivity index (χ3v) is 4.18. The predicted octanol–water partition coefficient (Wildman–Crippen LogP) is 3.32. The smallest absolute Gasteiger partial charge is 0.128 e. The second-order valence-electron chi connectivity index (χ2n) is 5.80. The Morgan fingerprint density at radius 3 is 2.78 bits per heavy atom. The lowest BCUT2D eigenvalue weighted by Crippen LogP contribution is -2.33. The molecule has 2 N–H and O–H groups in total. The number of rotatable bonds is 3. The monoisotopic (exact) mass is 314 g/mol. The van der Waals surface area contributed by atoms with Crippen molar-refractivity contribution in [3.8, 4) is 0 Å². The van der Waals surface area contributed by atoms with Crippen molar-refractivity contribution in [3.05, 3.63) is 34.1 Å². The largest absolute Gasteiger partial charge is 0.329 e. The third kappa shape index (κ3) is 2.92. The number of likely N-dealkylation sites (tertiary alicyclic amines) is 1. The highest BCUT2D eigenvalue weighted by Crippen LogP contribution is 2.35. The Balaban J connectivity index is 2.26. The van der Waals surface area contributed by atoms with Crippen LogP contribution in [0.5, 0.6) is 0 Å². The maximum Gasteiger partial charge on any atom is 0.128 e. The Kier molecular flexibility index (Phi) is 4.09. The fourth-order valence-corrected chi connectivity index (χ4v) is 3.04. The molecule has 0 bridgehead atoms. The van der Waals surface area contributed by atoms with Gasteiger partial charge in [0.15, 0.2) is 0 Å². The molecule has 0 spiro atoms. The van der Waals surface area contributed by atoms with Gasteiger partial charge in [-0.3, -0.25) is 4.90 Å². The van der Waals surface area contributed by atoms with E-state index in [0.717, 1.165) is 24.0 Å². The van der Waals surface area contributed by atoms with Gasteiger partial charge in [0.1, 0.15) is 5.82 Å². The molecule has 1 fully saturated rings. The normalized spacial score (nSPS) is 21.2. The van der Waals surface area contributed by atoms with Crippen molar-refractivity contribution in [2.75, 3.05) is 19.6 Å². The molecule has 2 rings (SSSR count). The van der Waals surface area contributed by atoms with E-state index < -0.39 is 0 Å². The number of benzene rings is 1. The number of nitrogens with zero attached hydrogens (tertiary/aromatic N) is 1. The van der Waals surface area contributed by atoms with E-state index in [2.05, 4.69) is 34.7 Å². The minimum absolute atomic E-state index is 0.0238. The maximum atomic E-state index is 13.9. The molecule has 1 aliphatic rings. The lowest BCUT2D eigenvalue weighted by molar-refractivity contribution is 0.219. The van der Waals surface area contributed by atoms with E-state index in [1.54, 1.807) is 6.07 Å². The van der Waals surface area contributed by atoms with Crippen LogP contribution in [0.2, 0.25) is 0 Å². The number of hydrogen-bond donors (Lipinski definition) is 1. The van der Waals surface area contributed by atoms with Crippen molar-refractivity contribution >= 4 is 15.9 Å². The summed E-state index contributed by atoms with van der Waals surface area (Å²) in [6.07, 6.45) is 1.14. The highest BCUT2D eigenvalue weighted by Gasteiger charge is 2.34. The predicted molar refractivity (Wildman–Crippen MR) is 75.9 cm³/mol. The quantitative estimate of drug-likeness (QED) is 0.927. The van der Waals surface area contributed by atoms with Gasteiger partial charge in [-0.05, 0) is 36.6 Å². The Hall–Kier alpha value is -0.450. The molecule has 0 radical (unpaired) electrons. The third-order valence-electron chi connectivity index (χ3n) is 3.69. The summed E-state index contributed by atoms with van der Waals surface area (Å²) in [4.78, 5) is 2.30. The Labute approximate surface area is 116 Å². The summed E-state index contributed by atoms with van der Waals surface area (Å²) in [5.41, 5.74) is 6.87. The van der Waals surface area contributed by atoms with E-state index in [1.165, 1.54) is 6.07 Å². The molecule has 1 atom stereocenters. The van der Waals surface area contributed by atoms with Gasteiger partial charge in [0, 0.05) is 29.2 Å². The SMILES string of the molecule is CC1(C)CCN(C(CN)c2cc(Br)ccc2F)C1. The summed E-state index contributed by atoms with van der Waals surface area (Å²) in [6, 6.07) is 5.05. The van der Waals surface area contributed by atoms with Crippen LogP contribution >= 0.6 is 15.9 Å². The summed E-state index contributed by atoms with van der Waals surface area (Å²) in [6.45, 7) is 6.90. The molecule has 18 heavy (non-hydrogen) atoms. The first-order valence-electron chi connectivity index (χ1n) is 6.32. The van der Waals surface area contributed by atoms with Crippen molar-refractivity contribution < 1.29 is 4.39 Å². The van der Waals surface area contributed by atoms with Crippen LogP contribution in [-0.4, -0.2) is 24.5 Å². The first kappa shape index (κ1) is 14.0. The van der Waals surface area contributed by atoms with E-state index in [9.17, 15) is 4.39 Å². The molecule has 0 aromatic heterocycles. The molecule has 0 aliphatic carbocycles. The van der Waals surface area contributed by atoms with Gasteiger partial charge in [0.05, 0.1) is 0 Å². The van der Waals surface area contributed by atoms with Gasteiger partial charge in [-0.2, -0.15) is 0 Å². The van der Waals surface area contributed by atoms with Gasteiger partial charge in [0.2, 0.25) is 0 Å². The molecule has 1 saturated heterocycles. The first-order chi connectivity index (χ1) is 8.43. The van der Waals surface area contributed by atoms with E-state index in [-0.39, 0.29) is 11.9 Å². The lowest BCUT2D eigenvalue weighted by atomic mass is 9.93. The van der Waals surface area contributed by atoms with Crippen LogP contribution in [0.25, 0.3) is 0 Å². The molecule has 2 nitrogen and oxygen atoms in total.